The van der Waals surface area contributed by atoms with Gasteiger partial charge in [-0.1, -0.05) is 18.2 Å². The molecule has 2 heterocycles. The number of para-hydroxylation sites is 1. The smallest absolute Gasteiger partial charge is 0.344 e. The van der Waals surface area contributed by atoms with E-state index < -0.39 is 11.5 Å². The Bertz CT molecular complexity index is 1370. The van der Waals surface area contributed by atoms with E-state index in [0.29, 0.717) is 33.9 Å². The Kier molecular flexibility index (Phi) is 5.85. The highest BCUT2D eigenvalue weighted by Gasteiger charge is 2.14. The molecule has 8 heteroatoms. The summed E-state index contributed by atoms with van der Waals surface area (Å²) in [5.41, 5.74) is 1.43. The number of anilines is 1. The Hall–Kier alpha value is -4.59. The monoisotopic (exact) mass is 429 g/mol. The van der Waals surface area contributed by atoms with Crippen molar-refractivity contribution in [1.29, 1.82) is 5.41 Å². The molecular formula is C24H19N3O5. The highest BCUT2D eigenvalue weighted by atomic mass is 16.5. The average Bonchev–Trinajstić information content (AvgIpc) is 3.31. The van der Waals surface area contributed by atoms with Crippen LogP contribution in [0.25, 0.3) is 28.2 Å². The molecule has 0 saturated heterocycles. The maximum absolute atomic E-state index is 12.5. The molecule has 0 aliphatic heterocycles. The van der Waals surface area contributed by atoms with E-state index in [1.165, 1.54) is 25.5 Å². The predicted molar refractivity (Wildman–Crippen MR) is 122 cm³/mol. The summed E-state index contributed by atoms with van der Waals surface area (Å²) in [7, 11) is 1.48. The number of rotatable bonds is 5. The topological polar surface area (TPSA) is 118 Å². The summed E-state index contributed by atoms with van der Waals surface area (Å²) >= 11 is 0. The Balaban J connectivity index is 1.51. The van der Waals surface area contributed by atoms with Crippen LogP contribution >= 0.6 is 0 Å². The van der Waals surface area contributed by atoms with Crippen molar-refractivity contribution in [3.05, 3.63) is 89.2 Å². The second-order valence-electron chi connectivity index (χ2n) is 6.74. The van der Waals surface area contributed by atoms with Crippen LogP contribution in [0.2, 0.25) is 0 Å². The third kappa shape index (κ3) is 4.59. The maximum Gasteiger partial charge on any atom is 0.344 e. The SMILES string of the molecule is COc1cc(NC(=N)NC(=O)/C=C/c2ccco2)ccc1-c1cc2ccccc2oc1=O. The number of methoxy groups -OCH3 is 1. The van der Waals surface area contributed by atoms with E-state index in [0.717, 1.165) is 5.39 Å². The van der Waals surface area contributed by atoms with E-state index in [1.807, 2.05) is 12.1 Å². The van der Waals surface area contributed by atoms with E-state index in [1.54, 1.807) is 48.5 Å². The number of hydrogen-bond donors (Lipinski definition) is 3. The number of amides is 1. The standard InChI is InChI=1S/C24H19N3O5/c1-30-21-14-16(26-24(25)27-22(28)11-9-17-6-4-12-31-17)8-10-18(21)19-13-15-5-2-3-7-20(15)32-23(19)29/h2-14H,1H3,(H3,25,26,27,28)/b11-9+. The summed E-state index contributed by atoms with van der Waals surface area (Å²) in [6.07, 6.45) is 4.26. The lowest BCUT2D eigenvalue weighted by molar-refractivity contribution is -0.115. The molecule has 4 rings (SSSR count). The molecule has 1 amide bonds. The van der Waals surface area contributed by atoms with Gasteiger partial charge in [0.15, 0.2) is 5.96 Å². The van der Waals surface area contributed by atoms with E-state index >= 15 is 0 Å². The third-order valence-corrected chi connectivity index (χ3v) is 4.59. The number of carbonyl (C=O) groups is 1. The van der Waals surface area contributed by atoms with Crippen molar-refractivity contribution in [2.24, 2.45) is 0 Å². The number of benzene rings is 2. The maximum atomic E-state index is 12.5. The molecular weight excluding hydrogens is 410 g/mol. The Morgan fingerprint density at radius 1 is 1.06 bits per heavy atom. The molecule has 0 bridgehead atoms. The fraction of sp³-hybridized carbons (Fsp3) is 0.0417. The van der Waals surface area contributed by atoms with Gasteiger partial charge in [-0.15, -0.1) is 0 Å². The van der Waals surface area contributed by atoms with Gasteiger partial charge in [0.1, 0.15) is 17.1 Å². The number of nitrogens with one attached hydrogen (secondary N) is 3. The molecule has 0 unspecified atom stereocenters. The van der Waals surface area contributed by atoms with Crippen LogP contribution in [-0.2, 0) is 4.79 Å². The second kappa shape index (κ2) is 9.05. The molecule has 0 aliphatic carbocycles. The first-order valence-corrected chi connectivity index (χ1v) is 9.63. The molecule has 0 fully saturated rings. The molecule has 8 nitrogen and oxygen atoms in total. The van der Waals surface area contributed by atoms with Gasteiger partial charge in [-0.2, -0.15) is 0 Å². The number of fused-ring (bicyclic) bond motifs is 1. The zero-order chi connectivity index (χ0) is 22.5. The van der Waals surface area contributed by atoms with Crippen molar-refractivity contribution < 1.29 is 18.4 Å². The molecule has 32 heavy (non-hydrogen) atoms. The van der Waals surface area contributed by atoms with Gasteiger partial charge < -0.3 is 18.9 Å². The van der Waals surface area contributed by atoms with Crippen LogP contribution in [0.5, 0.6) is 5.75 Å². The first kappa shape index (κ1) is 20.7. The van der Waals surface area contributed by atoms with Crippen LogP contribution in [0, 0.1) is 5.41 Å². The summed E-state index contributed by atoms with van der Waals surface area (Å²) in [5.74, 6) is 0.225. The normalized spacial score (nSPS) is 10.9. The summed E-state index contributed by atoms with van der Waals surface area (Å²) in [4.78, 5) is 24.5. The fourth-order valence-electron chi connectivity index (χ4n) is 3.13. The third-order valence-electron chi connectivity index (χ3n) is 4.59. The lowest BCUT2D eigenvalue weighted by Crippen LogP contribution is -2.33. The van der Waals surface area contributed by atoms with Crippen LogP contribution < -0.4 is 21.0 Å². The number of ether oxygens (including phenoxy) is 1. The predicted octanol–water partition coefficient (Wildman–Crippen LogP) is 4.24. The molecule has 2 aromatic heterocycles. The zero-order valence-corrected chi connectivity index (χ0v) is 17.0. The minimum absolute atomic E-state index is 0.223. The quantitative estimate of drug-likeness (QED) is 0.189. The molecule has 0 radical (unpaired) electrons. The molecule has 0 atom stereocenters. The number of furan rings is 1. The summed E-state index contributed by atoms with van der Waals surface area (Å²) < 4.78 is 16.0. The minimum Gasteiger partial charge on any atom is -0.496 e. The van der Waals surface area contributed by atoms with Crippen molar-refractivity contribution in [1.82, 2.24) is 5.32 Å². The molecule has 0 aliphatic rings. The van der Waals surface area contributed by atoms with Crippen LogP contribution in [-0.4, -0.2) is 19.0 Å². The van der Waals surface area contributed by atoms with E-state index in [4.69, 9.17) is 19.0 Å². The van der Waals surface area contributed by atoms with E-state index in [-0.39, 0.29) is 5.96 Å². The van der Waals surface area contributed by atoms with Gasteiger partial charge >= 0.3 is 5.63 Å². The van der Waals surface area contributed by atoms with Gasteiger partial charge in [0.2, 0.25) is 0 Å². The van der Waals surface area contributed by atoms with Crippen molar-refractivity contribution in [2.75, 3.05) is 12.4 Å². The second-order valence-corrected chi connectivity index (χ2v) is 6.74. The van der Waals surface area contributed by atoms with Crippen molar-refractivity contribution in [3.8, 4) is 16.9 Å². The number of carbonyl (C=O) groups excluding carboxylic acids is 1. The van der Waals surface area contributed by atoms with Gasteiger partial charge in [0.25, 0.3) is 5.91 Å². The van der Waals surface area contributed by atoms with Gasteiger partial charge in [-0.25, -0.2) is 4.79 Å². The van der Waals surface area contributed by atoms with Crippen molar-refractivity contribution in [3.63, 3.8) is 0 Å². The lowest BCUT2D eigenvalue weighted by Gasteiger charge is -2.13. The van der Waals surface area contributed by atoms with Crippen molar-refractivity contribution in [2.45, 2.75) is 0 Å². The van der Waals surface area contributed by atoms with Gasteiger partial charge in [0.05, 0.1) is 18.9 Å². The zero-order valence-electron chi connectivity index (χ0n) is 17.0. The number of hydrogen-bond acceptors (Lipinski definition) is 6. The molecule has 0 saturated carbocycles. The lowest BCUT2D eigenvalue weighted by atomic mass is 10.0. The summed E-state index contributed by atoms with van der Waals surface area (Å²) in [6.45, 7) is 0. The van der Waals surface area contributed by atoms with Crippen LogP contribution in [0.4, 0.5) is 5.69 Å². The first-order valence-electron chi connectivity index (χ1n) is 9.63. The largest absolute Gasteiger partial charge is 0.496 e. The summed E-state index contributed by atoms with van der Waals surface area (Å²) in [6, 6.07) is 17.4. The minimum atomic E-state index is -0.490. The van der Waals surface area contributed by atoms with Crippen LogP contribution in [0.3, 0.4) is 0 Å². The molecule has 3 N–H and O–H groups in total. The Morgan fingerprint density at radius 3 is 2.69 bits per heavy atom. The molecule has 2 aromatic carbocycles. The molecule has 4 aromatic rings. The van der Waals surface area contributed by atoms with Crippen LogP contribution in [0.15, 0.2) is 86.6 Å². The van der Waals surface area contributed by atoms with Crippen molar-refractivity contribution >= 4 is 34.6 Å². The van der Waals surface area contributed by atoms with E-state index in [2.05, 4.69) is 10.6 Å². The average molecular weight is 429 g/mol. The Morgan fingerprint density at radius 2 is 1.91 bits per heavy atom. The molecule has 160 valence electrons. The van der Waals surface area contributed by atoms with Gasteiger partial charge in [-0.3, -0.25) is 15.5 Å². The van der Waals surface area contributed by atoms with Gasteiger partial charge in [0, 0.05) is 28.8 Å². The number of guanidine groups is 1. The summed E-state index contributed by atoms with van der Waals surface area (Å²) in [5, 5.41) is 13.9. The fourth-order valence-corrected chi connectivity index (χ4v) is 3.13. The Labute approximate surface area is 182 Å². The molecule has 0 spiro atoms. The highest BCUT2D eigenvalue weighted by molar-refractivity contribution is 6.07. The van der Waals surface area contributed by atoms with Gasteiger partial charge in [-0.05, 0) is 42.5 Å². The first-order chi connectivity index (χ1) is 15.5. The van der Waals surface area contributed by atoms with Crippen LogP contribution in [0.1, 0.15) is 5.76 Å². The highest BCUT2D eigenvalue weighted by Crippen LogP contribution is 2.32. The van der Waals surface area contributed by atoms with E-state index in [9.17, 15) is 9.59 Å².